The summed E-state index contributed by atoms with van der Waals surface area (Å²) in [5.41, 5.74) is 0. The van der Waals surface area contributed by atoms with Crippen molar-refractivity contribution >= 4 is 5.97 Å². The van der Waals surface area contributed by atoms with Crippen LogP contribution in [0.1, 0.15) is 19.3 Å². The summed E-state index contributed by atoms with van der Waals surface area (Å²) < 4.78 is 9.80. The summed E-state index contributed by atoms with van der Waals surface area (Å²) in [6.07, 6.45) is 1.17. The number of methoxy groups -OCH3 is 1. The van der Waals surface area contributed by atoms with Gasteiger partial charge < -0.3 is 14.6 Å². The van der Waals surface area contributed by atoms with Crippen molar-refractivity contribution in [2.24, 2.45) is 5.92 Å². The summed E-state index contributed by atoms with van der Waals surface area (Å²) in [5.74, 6) is -0.0729. The molecule has 0 bridgehead atoms. The Labute approximate surface area is 84.2 Å². The zero-order chi connectivity index (χ0) is 10.6. The summed E-state index contributed by atoms with van der Waals surface area (Å²) in [4.78, 5) is 10.9. The zero-order valence-corrected chi connectivity index (χ0v) is 8.31. The van der Waals surface area contributed by atoms with Crippen molar-refractivity contribution < 1.29 is 19.4 Å². The van der Waals surface area contributed by atoms with Crippen LogP contribution in [0.25, 0.3) is 0 Å². The molecule has 0 amide bonds. The van der Waals surface area contributed by atoms with E-state index >= 15 is 0 Å². The number of carbonyl (C=O) groups excluding carboxylic acids is 1. The third-order valence-corrected chi connectivity index (χ3v) is 2.54. The van der Waals surface area contributed by atoms with E-state index < -0.39 is 0 Å². The second-order valence-electron chi connectivity index (χ2n) is 3.51. The summed E-state index contributed by atoms with van der Waals surface area (Å²) in [7, 11) is 1.36. The number of hydrogen-bond acceptors (Lipinski definition) is 4. The smallest absolute Gasteiger partial charge is 0.305 e. The largest absolute Gasteiger partial charge is 0.469 e. The highest BCUT2D eigenvalue weighted by Gasteiger charge is 2.32. The van der Waals surface area contributed by atoms with E-state index in [9.17, 15) is 4.79 Å². The molecule has 2 radical (unpaired) electrons. The fourth-order valence-electron chi connectivity index (χ4n) is 1.74. The number of hydrogen-bond donors (Lipinski definition) is 1. The van der Waals surface area contributed by atoms with Crippen molar-refractivity contribution in [3.8, 4) is 0 Å². The van der Waals surface area contributed by atoms with Crippen molar-refractivity contribution in [3.63, 3.8) is 0 Å². The highest BCUT2D eigenvalue weighted by molar-refractivity contribution is 5.69. The average Bonchev–Trinajstić information content (AvgIpc) is 2.55. The maximum absolute atomic E-state index is 10.9. The van der Waals surface area contributed by atoms with Gasteiger partial charge in [0.2, 0.25) is 0 Å². The number of ether oxygens (including phenoxy) is 2. The Morgan fingerprint density at radius 2 is 2.43 bits per heavy atom. The maximum Gasteiger partial charge on any atom is 0.305 e. The van der Waals surface area contributed by atoms with E-state index in [1.165, 1.54) is 7.11 Å². The highest BCUT2D eigenvalue weighted by atomic mass is 16.5. The molecular formula is C10H16O4. The van der Waals surface area contributed by atoms with Gasteiger partial charge in [-0.15, -0.1) is 0 Å². The quantitative estimate of drug-likeness (QED) is 0.668. The minimum absolute atomic E-state index is 0.0421. The fourth-order valence-corrected chi connectivity index (χ4v) is 1.74. The van der Waals surface area contributed by atoms with Crippen LogP contribution in [0, 0.1) is 12.8 Å². The summed E-state index contributed by atoms with van der Waals surface area (Å²) in [5, 5.41) is 8.98. The average molecular weight is 200 g/mol. The van der Waals surface area contributed by atoms with Crippen LogP contribution in [0.5, 0.6) is 0 Å². The first-order valence-corrected chi connectivity index (χ1v) is 4.76. The van der Waals surface area contributed by atoms with Crippen LogP contribution in [-0.4, -0.2) is 37.0 Å². The number of aliphatic hydroxyl groups excluding tert-OH is 1. The topological polar surface area (TPSA) is 55.8 Å². The predicted molar refractivity (Wildman–Crippen MR) is 49.4 cm³/mol. The molecule has 1 rings (SSSR count). The normalized spacial score (nSPS) is 31.8. The molecule has 1 heterocycles. The van der Waals surface area contributed by atoms with Crippen LogP contribution >= 0.6 is 0 Å². The number of rotatable bonds is 4. The molecule has 14 heavy (non-hydrogen) atoms. The molecule has 1 aliphatic rings. The van der Waals surface area contributed by atoms with Crippen molar-refractivity contribution in [1.82, 2.24) is 0 Å². The van der Waals surface area contributed by atoms with Crippen LogP contribution in [0.4, 0.5) is 0 Å². The van der Waals surface area contributed by atoms with E-state index in [4.69, 9.17) is 16.8 Å². The van der Waals surface area contributed by atoms with Gasteiger partial charge in [0.05, 0.1) is 25.9 Å². The van der Waals surface area contributed by atoms with Gasteiger partial charge in [0.1, 0.15) is 0 Å². The molecule has 0 spiro atoms. The van der Waals surface area contributed by atoms with Crippen molar-refractivity contribution in [2.75, 3.05) is 13.7 Å². The lowest BCUT2D eigenvalue weighted by molar-refractivity contribution is -0.141. The molecule has 1 saturated heterocycles. The predicted octanol–water partition coefficient (Wildman–Crippen LogP) is 0.417. The van der Waals surface area contributed by atoms with Crippen molar-refractivity contribution in [1.29, 1.82) is 0 Å². The number of carbonyl (C=O) groups is 1. The Kier molecular flexibility index (Phi) is 4.35. The van der Waals surface area contributed by atoms with Gasteiger partial charge in [-0.1, -0.05) is 0 Å². The molecule has 0 aromatic heterocycles. The number of esters is 1. The van der Waals surface area contributed by atoms with E-state index in [1.54, 1.807) is 0 Å². The molecule has 1 N–H and O–H groups in total. The lowest BCUT2D eigenvalue weighted by Crippen LogP contribution is -2.21. The van der Waals surface area contributed by atoms with Crippen molar-refractivity contribution in [2.45, 2.75) is 31.5 Å². The van der Waals surface area contributed by atoms with Crippen molar-refractivity contribution in [3.05, 3.63) is 6.92 Å². The first-order chi connectivity index (χ1) is 6.67. The van der Waals surface area contributed by atoms with Crippen LogP contribution < -0.4 is 0 Å². The molecule has 0 aliphatic carbocycles. The van der Waals surface area contributed by atoms with Gasteiger partial charge >= 0.3 is 5.97 Å². The monoisotopic (exact) mass is 200 g/mol. The Hall–Kier alpha value is -0.610. The molecule has 1 aliphatic heterocycles. The molecule has 0 aromatic carbocycles. The van der Waals surface area contributed by atoms with Crippen LogP contribution in [0.15, 0.2) is 0 Å². The zero-order valence-electron chi connectivity index (χ0n) is 8.31. The highest BCUT2D eigenvalue weighted by Crippen LogP contribution is 2.29. The molecule has 4 nitrogen and oxygen atoms in total. The lowest BCUT2D eigenvalue weighted by atomic mass is 9.95. The molecule has 4 heteroatoms. The third-order valence-electron chi connectivity index (χ3n) is 2.54. The van der Waals surface area contributed by atoms with Crippen LogP contribution in [0.3, 0.4) is 0 Å². The molecule has 1 unspecified atom stereocenters. The van der Waals surface area contributed by atoms with Gasteiger partial charge in [-0.3, -0.25) is 4.79 Å². The Bertz CT molecular complexity index is 193. The van der Waals surface area contributed by atoms with Gasteiger partial charge in [-0.25, -0.2) is 0 Å². The van der Waals surface area contributed by atoms with Gasteiger partial charge in [0, 0.05) is 6.42 Å². The van der Waals surface area contributed by atoms with Gasteiger partial charge in [0.25, 0.3) is 0 Å². The summed E-state index contributed by atoms with van der Waals surface area (Å²) in [6.45, 7) is 5.54. The summed E-state index contributed by atoms with van der Waals surface area (Å²) in [6, 6.07) is 0. The van der Waals surface area contributed by atoms with Crippen LogP contribution in [-0.2, 0) is 14.3 Å². The second-order valence-corrected chi connectivity index (χ2v) is 3.51. The Balaban J connectivity index is 2.32. The summed E-state index contributed by atoms with van der Waals surface area (Å²) >= 11 is 0. The minimum Gasteiger partial charge on any atom is -0.469 e. The number of aliphatic hydroxyl groups is 1. The van der Waals surface area contributed by atoms with Crippen LogP contribution in [0.2, 0.25) is 0 Å². The van der Waals surface area contributed by atoms with E-state index in [0.717, 1.165) is 0 Å². The maximum atomic E-state index is 10.9. The molecule has 0 saturated carbocycles. The molecular weight excluding hydrogens is 184 g/mol. The van der Waals surface area contributed by atoms with E-state index in [0.29, 0.717) is 19.3 Å². The first-order valence-electron chi connectivity index (χ1n) is 4.76. The first kappa shape index (κ1) is 11.5. The lowest BCUT2D eigenvalue weighted by Gasteiger charge is -2.14. The van der Waals surface area contributed by atoms with E-state index in [1.807, 2.05) is 0 Å². The standard InChI is InChI=1S/C10H16O4/c1-7-5-8(9(6-11)14-7)3-4-10(12)13-2/h1,7-9,11H,3-6H2,2H3/t7?,8-,9-/m1/s1. The Morgan fingerprint density at radius 1 is 1.71 bits per heavy atom. The molecule has 3 atom stereocenters. The third kappa shape index (κ3) is 2.96. The molecule has 1 fully saturated rings. The SMILES string of the molecule is [CH]C1C[C@@H](CCC(=O)OC)[C@@H](CO)O1. The van der Waals surface area contributed by atoms with E-state index in [-0.39, 0.29) is 30.7 Å². The molecule has 80 valence electrons. The van der Waals surface area contributed by atoms with Gasteiger partial charge in [0.15, 0.2) is 0 Å². The molecule has 0 aromatic rings. The fraction of sp³-hybridized carbons (Fsp3) is 0.800. The minimum atomic E-state index is -0.310. The Morgan fingerprint density at radius 3 is 3.00 bits per heavy atom. The van der Waals surface area contributed by atoms with Gasteiger partial charge in [-0.2, -0.15) is 0 Å². The van der Waals surface area contributed by atoms with Gasteiger partial charge in [-0.05, 0) is 25.7 Å². The van der Waals surface area contributed by atoms with E-state index in [2.05, 4.69) is 4.74 Å². The second kappa shape index (κ2) is 5.32.